The summed E-state index contributed by atoms with van der Waals surface area (Å²) in [6, 6.07) is 11.6. The van der Waals surface area contributed by atoms with E-state index < -0.39 is 0 Å². The lowest BCUT2D eigenvalue weighted by molar-refractivity contribution is 0.171. The quantitative estimate of drug-likeness (QED) is 0.739. The van der Waals surface area contributed by atoms with E-state index in [1.165, 1.54) is 5.56 Å². The van der Waals surface area contributed by atoms with Gasteiger partial charge in [-0.3, -0.25) is 0 Å². The molecule has 3 rings (SSSR count). The number of carbonyl (C=O) groups excluding carboxylic acids is 1. The van der Waals surface area contributed by atoms with Crippen LogP contribution in [0.4, 0.5) is 4.79 Å². The van der Waals surface area contributed by atoms with Gasteiger partial charge < -0.3 is 24.8 Å². The highest BCUT2D eigenvalue weighted by Gasteiger charge is 2.21. The summed E-state index contributed by atoms with van der Waals surface area (Å²) in [5.41, 5.74) is 3.25. The Kier molecular flexibility index (Phi) is 6.86. The monoisotopic (exact) mass is 398 g/mol. The van der Waals surface area contributed by atoms with Crippen LogP contribution in [0, 0.1) is 12.8 Å². The summed E-state index contributed by atoms with van der Waals surface area (Å²) >= 11 is 0. The maximum absolute atomic E-state index is 12.5. The van der Waals surface area contributed by atoms with E-state index in [2.05, 4.69) is 30.5 Å². The van der Waals surface area contributed by atoms with Crippen LogP contribution in [0.5, 0.6) is 17.2 Å². The van der Waals surface area contributed by atoms with Crippen molar-refractivity contribution in [3.8, 4) is 17.2 Å². The van der Waals surface area contributed by atoms with Gasteiger partial charge in [-0.1, -0.05) is 37.6 Å². The SMILES string of the molecule is COc1ccc(C)cc1CCNC(=O)N[C@H](c1ccc2c(c1)OCCO2)C(C)C. The van der Waals surface area contributed by atoms with Gasteiger partial charge in [-0.05, 0) is 48.6 Å². The Labute approximate surface area is 172 Å². The van der Waals surface area contributed by atoms with Gasteiger partial charge in [0.2, 0.25) is 0 Å². The average molecular weight is 399 g/mol. The van der Waals surface area contributed by atoms with E-state index in [-0.39, 0.29) is 18.0 Å². The number of nitrogens with one attached hydrogen (secondary N) is 2. The second kappa shape index (κ2) is 9.54. The van der Waals surface area contributed by atoms with Crippen molar-refractivity contribution in [1.82, 2.24) is 10.6 Å². The number of aryl methyl sites for hydroxylation is 1. The highest BCUT2D eigenvalue weighted by molar-refractivity contribution is 5.74. The minimum Gasteiger partial charge on any atom is -0.496 e. The molecule has 6 heteroatoms. The highest BCUT2D eigenvalue weighted by atomic mass is 16.6. The largest absolute Gasteiger partial charge is 0.496 e. The first-order valence-corrected chi connectivity index (χ1v) is 10.1. The van der Waals surface area contributed by atoms with Crippen LogP contribution in [-0.2, 0) is 6.42 Å². The predicted octanol–water partition coefficient (Wildman–Crippen LogP) is 4.01. The van der Waals surface area contributed by atoms with E-state index in [1.54, 1.807) is 7.11 Å². The van der Waals surface area contributed by atoms with Crippen molar-refractivity contribution in [3.05, 3.63) is 53.1 Å². The fraction of sp³-hybridized carbons (Fsp3) is 0.435. The normalized spacial score (nSPS) is 13.7. The molecule has 1 atom stereocenters. The highest BCUT2D eigenvalue weighted by Crippen LogP contribution is 2.34. The van der Waals surface area contributed by atoms with Gasteiger partial charge in [-0.15, -0.1) is 0 Å². The number of ether oxygens (including phenoxy) is 3. The Bertz CT molecular complexity index is 851. The molecule has 6 nitrogen and oxygen atoms in total. The molecule has 0 unspecified atom stereocenters. The molecule has 0 spiro atoms. The Morgan fingerprint density at radius 1 is 1.10 bits per heavy atom. The van der Waals surface area contributed by atoms with Gasteiger partial charge in [-0.2, -0.15) is 0 Å². The minimum absolute atomic E-state index is 0.126. The molecule has 0 saturated carbocycles. The second-order valence-corrected chi connectivity index (χ2v) is 7.59. The van der Waals surface area contributed by atoms with Crippen molar-refractivity contribution in [2.45, 2.75) is 33.2 Å². The summed E-state index contributed by atoms with van der Waals surface area (Å²) in [6.07, 6.45) is 0.703. The maximum atomic E-state index is 12.5. The standard InChI is InChI=1S/C23H30N2O4/c1-15(2)22(18-6-8-20-21(14-18)29-12-11-28-20)25-23(26)24-10-9-17-13-16(3)5-7-19(17)27-4/h5-8,13-15,22H,9-12H2,1-4H3,(H2,24,25,26)/t22-/m0/s1. The third kappa shape index (κ3) is 5.34. The molecular formula is C23H30N2O4. The molecule has 0 saturated heterocycles. The van der Waals surface area contributed by atoms with Crippen LogP contribution >= 0.6 is 0 Å². The first kappa shape index (κ1) is 20.8. The van der Waals surface area contributed by atoms with Crippen molar-refractivity contribution in [3.63, 3.8) is 0 Å². The smallest absolute Gasteiger partial charge is 0.315 e. The Morgan fingerprint density at radius 2 is 1.86 bits per heavy atom. The van der Waals surface area contributed by atoms with Gasteiger partial charge in [-0.25, -0.2) is 4.79 Å². The zero-order chi connectivity index (χ0) is 20.8. The number of carbonyl (C=O) groups is 1. The lowest BCUT2D eigenvalue weighted by Gasteiger charge is -2.25. The second-order valence-electron chi connectivity index (χ2n) is 7.59. The third-order valence-corrected chi connectivity index (χ3v) is 4.99. The number of rotatable bonds is 7. The van der Waals surface area contributed by atoms with Crippen LogP contribution < -0.4 is 24.8 Å². The van der Waals surface area contributed by atoms with Gasteiger partial charge in [0.25, 0.3) is 0 Å². The zero-order valence-corrected chi connectivity index (χ0v) is 17.6. The van der Waals surface area contributed by atoms with Crippen molar-refractivity contribution in [1.29, 1.82) is 0 Å². The molecule has 2 aromatic rings. The molecule has 156 valence electrons. The first-order valence-electron chi connectivity index (χ1n) is 10.1. The summed E-state index contributed by atoms with van der Waals surface area (Å²) in [4.78, 5) is 12.5. The van der Waals surface area contributed by atoms with E-state index >= 15 is 0 Å². The number of benzene rings is 2. The Balaban J connectivity index is 1.60. The molecule has 0 aliphatic carbocycles. The van der Waals surface area contributed by atoms with Gasteiger partial charge in [0.05, 0.1) is 13.2 Å². The summed E-state index contributed by atoms with van der Waals surface area (Å²) in [5.74, 6) is 2.54. The predicted molar refractivity (Wildman–Crippen MR) is 113 cm³/mol. The molecule has 0 aromatic heterocycles. The number of fused-ring (bicyclic) bond motifs is 1. The fourth-order valence-electron chi connectivity index (χ4n) is 3.49. The van der Waals surface area contributed by atoms with Crippen LogP contribution in [-0.4, -0.2) is 32.9 Å². The Morgan fingerprint density at radius 3 is 2.59 bits per heavy atom. The average Bonchev–Trinajstić information content (AvgIpc) is 2.71. The van der Waals surface area contributed by atoms with E-state index in [4.69, 9.17) is 14.2 Å². The lowest BCUT2D eigenvalue weighted by Crippen LogP contribution is -2.40. The molecule has 2 amide bonds. The summed E-state index contributed by atoms with van der Waals surface area (Å²) in [6.45, 7) is 7.84. The third-order valence-electron chi connectivity index (χ3n) is 4.99. The van der Waals surface area contributed by atoms with Crippen molar-refractivity contribution in [2.75, 3.05) is 26.9 Å². The fourth-order valence-corrected chi connectivity index (χ4v) is 3.49. The first-order chi connectivity index (χ1) is 14.0. The Hall–Kier alpha value is -2.89. The van der Waals surface area contributed by atoms with Crippen molar-refractivity contribution >= 4 is 6.03 Å². The summed E-state index contributed by atoms with van der Waals surface area (Å²) in [7, 11) is 1.66. The molecule has 2 N–H and O–H groups in total. The van der Waals surface area contributed by atoms with Gasteiger partial charge >= 0.3 is 6.03 Å². The lowest BCUT2D eigenvalue weighted by atomic mass is 9.95. The molecule has 1 aliphatic rings. The number of methoxy groups -OCH3 is 1. The van der Waals surface area contributed by atoms with E-state index in [0.717, 1.165) is 28.4 Å². The van der Waals surface area contributed by atoms with E-state index in [1.807, 2.05) is 37.3 Å². The zero-order valence-electron chi connectivity index (χ0n) is 17.6. The van der Waals surface area contributed by atoms with Crippen molar-refractivity contribution < 1.29 is 19.0 Å². The molecule has 29 heavy (non-hydrogen) atoms. The summed E-state index contributed by atoms with van der Waals surface area (Å²) in [5, 5.41) is 6.05. The molecule has 2 aromatic carbocycles. The number of hydrogen-bond donors (Lipinski definition) is 2. The van der Waals surface area contributed by atoms with Crippen LogP contribution in [0.1, 0.15) is 36.6 Å². The number of urea groups is 1. The maximum Gasteiger partial charge on any atom is 0.315 e. The molecule has 0 bridgehead atoms. The van der Waals surface area contributed by atoms with Gasteiger partial charge in [0.1, 0.15) is 19.0 Å². The van der Waals surface area contributed by atoms with Crippen LogP contribution in [0.2, 0.25) is 0 Å². The van der Waals surface area contributed by atoms with Crippen molar-refractivity contribution in [2.24, 2.45) is 5.92 Å². The van der Waals surface area contributed by atoms with E-state index in [9.17, 15) is 4.79 Å². The molecule has 0 radical (unpaired) electrons. The minimum atomic E-state index is -0.190. The van der Waals surface area contributed by atoms with Crippen LogP contribution in [0.25, 0.3) is 0 Å². The summed E-state index contributed by atoms with van der Waals surface area (Å²) < 4.78 is 16.7. The topological polar surface area (TPSA) is 68.8 Å². The molecular weight excluding hydrogens is 368 g/mol. The van der Waals surface area contributed by atoms with Crippen LogP contribution in [0.3, 0.4) is 0 Å². The van der Waals surface area contributed by atoms with Crippen LogP contribution in [0.15, 0.2) is 36.4 Å². The number of hydrogen-bond acceptors (Lipinski definition) is 4. The molecule has 0 fully saturated rings. The molecule has 1 aliphatic heterocycles. The van der Waals surface area contributed by atoms with Gasteiger partial charge in [0, 0.05) is 6.54 Å². The van der Waals surface area contributed by atoms with Gasteiger partial charge in [0.15, 0.2) is 11.5 Å². The van der Waals surface area contributed by atoms with E-state index in [0.29, 0.717) is 26.2 Å². The molecule has 1 heterocycles. The number of amides is 2.